The Labute approximate surface area is 136 Å². The van der Waals surface area contributed by atoms with E-state index in [2.05, 4.69) is 20.6 Å². The van der Waals surface area contributed by atoms with Gasteiger partial charge in [-0.15, -0.1) is 0 Å². The summed E-state index contributed by atoms with van der Waals surface area (Å²) < 4.78 is 5.13. The topological polar surface area (TPSA) is 96.1 Å². The molecule has 0 aliphatic heterocycles. The number of aryl methyl sites for hydroxylation is 2. The number of aromatic nitrogens is 2. The SMILES string of the molecule is Cc1nc2c([nH]1)CC(C(=O)NCCNC(=O)OC(C)(C)C)CC2. The lowest BCUT2D eigenvalue weighted by atomic mass is 9.89. The summed E-state index contributed by atoms with van der Waals surface area (Å²) >= 11 is 0. The predicted molar refractivity (Wildman–Crippen MR) is 86.1 cm³/mol. The predicted octanol–water partition coefficient (Wildman–Crippen LogP) is 1.46. The van der Waals surface area contributed by atoms with Crippen molar-refractivity contribution in [2.24, 2.45) is 5.92 Å². The Bertz CT molecular complexity index is 574. The molecule has 23 heavy (non-hydrogen) atoms. The van der Waals surface area contributed by atoms with Crippen LogP contribution < -0.4 is 10.6 Å². The lowest BCUT2D eigenvalue weighted by Crippen LogP contribution is -2.40. The fourth-order valence-electron chi connectivity index (χ4n) is 2.66. The van der Waals surface area contributed by atoms with E-state index in [1.54, 1.807) is 0 Å². The summed E-state index contributed by atoms with van der Waals surface area (Å²) in [6.07, 6.45) is 1.86. The highest BCUT2D eigenvalue weighted by Crippen LogP contribution is 2.23. The maximum Gasteiger partial charge on any atom is 0.407 e. The Morgan fingerprint density at radius 2 is 2.00 bits per heavy atom. The maximum atomic E-state index is 12.2. The normalized spacial score (nSPS) is 17.3. The highest BCUT2D eigenvalue weighted by Gasteiger charge is 2.26. The number of carbonyl (C=O) groups excluding carboxylic acids is 2. The maximum absolute atomic E-state index is 12.2. The number of imidazole rings is 1. The Morgan fingerprint density at radius 1 is 1.30 bits per heavy atom. The minimum atomic E-state index is -0.519. The molecule has 0 fully saturated rings. The monoisotopic (exact) mass is 322 g/mol. The van der Waals surface area contributed by atoms with Gasteiger partial charge in [-0.1, -0.05) is 0 Å². The second-order valence-corrected chi connectivity index (χ2v) is 6.91. The quantitative estimate of drug-likeness (QED) is 0.731. The molecule has 0 spiro atoms. The zero-order valence-corrected chi connectivity index (χ0v) is 14.3. The van der Waals surface area contributed by atoms with Gasteiger partial charge >= 0.3 is 6.09 Å². The fraction of sp³-hybridized carbons (Fsp3) is 0.688. The van der Waals surface area contributed by atoms with Crippen molar-refractivity contribution < 1.29 is 14.3 Å². The first-order valence-corrected chi connectivity index (χ1v) is 8.03. The van der Waals surface area contributed by atoms with Crippen LogP contribution in [0.3, 0.4) is 0 Å². The van der Waals surface area contributed by atoms with Crippen LogP contribution in [0.2, 0.25) is 0 Å². The van der Waals surface area contributed by atoms with E-state index in [0.717, 1.165) is 30.1 Å². The lowest BCUT2D eigenvalue weighted by Gasteiger charge is -2.21. The fourth-order valence-corrected chi connectivity index (χ4v) is 2.66. The molecule has 0 saturated carbocycles. The van der Waals surface area contributed by atoms with Crippen molar-refractivity contribution in [3.05, 3.63) is 17.2 Å². The van der Waals surface area contributed by atoms with E-state index in [0.29, 0.717) is 19.5 Å². The summed E-state index contributed by atoms with van der Waals surface area (Å²) in [6.45, 7) is 8.09. The van der Waals surface area contributed by atoms with Gasteiger partial charge in [-0.25, -0.2) is 9.78 Å². The van der Waals surface area contributed by atoms with E-state index >= 15 is 0 Å². The van der Waals surface area contributed by atoms with Crippen LogP contribution in [0.25, 0.3) is 0 Å². The number of nitrogens with zero attached hydrogens (tertiary/aromatic N) is 1. The molecule has 2 rings (SSSR count). The zero-order valence-electron chi connectivity index (χ0n) is 14.3. The molecule has 3 N–H and O–H groups in total. The molecular weight excluding hydrogens is 296 g/mol. The molecule has 0 aromatic carbocycles. The molecule has 1 atom stereocenters. The molecule has 0 radical (unpaired) electrons. The minimum absolute atomic E-state index is 0.0221. The average Bonchev–Trinajstić information content (AvgIpc) is 2.80. The van der Waals surface area contributed by atoms with Crippen molar-refractivity contribution in [1.82, 2.24) is 20.6 Å². The number of aromatic amines is 1. The van der Waals surface area contributed by atoms with Gasteiger partial charge in [0.1, 0.15) is 11.4 Å². The van der Waals surface area contributed by atoms with Gasteiger partial charge in [-0.3, -0.25) is 4.79 Å². The minimum Gasteiger partial charge on any atom is -0.444 e. The smallest absolute Gasteiger partial charge is 0.407 e. The summed E-state index contributed by atoms with van der Waals surface area (Å²) in [5.74, 6) is 0.885. The summed E-state index contributed by atoms with van der Waals surface area (Å²) in [5, 5.41) is 5.49. The van der Waals surface area contributed by atoms with Crippen LogP contribution in [0, 0.1) is 12.8 Å². The Kier molecular flexibility index (Phi) is 5.28. The number of rotatable bonds is 4. The number of carbonyl (C=O) groups is 2. The summed E-state index contributed by atoms with van der Waals surface area (Å²) in [4.78, 5) is 31.3. The molecule has 1 aliphatic rings. The van der Waals surface area contributed by atoms with Crippen molar-refractivity contribution in [2.45, 2.75) is 52.6 Å². The van der Waals surface area contributed by atoms with E-state index in [1.807, 2.05) is 27.7 Å². The number of fused-ring (bicyclic) bond motifs is 1. The Morgan fingerprint density at radius 3 is 2.70 bits per heavy atom. The molecular formula is C16H26N4O3. The molecule has 1 aromatic rings. The van der Waals surface area contributed by atoms with Crippen molar-refractivity contribution in [2.75, 3.05) is 13.1 Å². The largest absolute Gasteiger partial charge is 0.444 e. The van der Waals surface area contributed by atoms with E-state index in [4.69, 9.17) is 4.74 Å². The van der Waals surface area contributed by atoms with Crippen LogP contribution in [0.1, 0.15) is 44.4 Å². The Balaban J connectivity index is 1.69. The number of H-pyrrole nitrogens is 1. The van der Waals surface area contributed by atoms with Crippen LogP contribution in [-0.2, 0) is 22.4 Å². The first-order valence-electron chi connectivity index (χ1n) is 8.03. The van der Waals surface area contributed by atoms with Gasteiger partial charge in [0.2, 0.25) is 5.91 Å². The van der Waals surface area contributed by atoms with Crippen LogP contribution in [0.5, 0.6) is 0 Å². The van der Waals surface area contributed by atoms with Crippen molar-refractivity contribution in [3.8, 4) is 0 Å². The van der Waals surface area contributed by atoms with Crippen molar-refractivity contribution in [1.29, 1.82) is 0 Å². The highest BCUT2D eigenvalue weighted by molar-refractivity contribution is 5.79. The van der Waals surface area contributed by atoms with E-state index < -0.39 is 11.7 Å². The average molecular weight is 322 g/mol. The number of nitrogens with one attached hydrogen (secondary N) is 3. The van der Waals surface area contributed by atoms with Crippen LogP contribution >= 0.6 is 0 Å². The second-order valence-electron chi connectivity index (χ2n) is 6.91. The molecule has 128 valence electrons. The lowest BCUT2D eigenvalue weighted by molar-refractivity contribution is -0.125. The molecule has 2 amide bonds. The van der Waals surface area contributed by atoms with Gasteiger partial charge in [0.15, 0.2) is 0 Å². The third-order valence-corrected chi connectivity index (χ3v) is 3.63. The number of ether oxygens (including phenoxy) is 1. The molecule has 0 bridgehead atoms. The van der Waals surface area contributed by atoms with Gasteiger partial charge in [0, 0.05) is 31.1 Å². The van der Waals surface area contributed by atoms with E-state index in [-0.39, 0.29) is 11.8 Å². The van der Waals surface area contributed by atoms with Crippen molar-refractivity contribution in [3.63, 3.8) is 0 Å². The molecule has 7 heteroatoms. The molecule has 7 nitrogen and oxygen atoms in total. The van der Waals surface area contributed by atoms with Gasteiger partial charge in [0.25, 0.3) is 0 Å². The number of amides is 2. The number of alkyl carbamates (subject to hydrolysis) is 1. The van der Waals surface area contributed by atoms with Gasteiger partial charge in [0.05, 0.1) is 5.69 Å². The molecule has 1 aliphatic carbocycles. The molecule has 1 unspecified atom stereocenters. The standard InChI is InChI=1S/C16H26N4O3/c1-10-19-12-6-5-11(9-13(12)20-10)14(21)17-7-8-18-15(22)23-16(2,3)4/h11H,5-9H2,1-4H3,(H,17,21)(H,18,22)(H,19,20). The summed E-state index contributed by atoms with van der Waals surface area (Å²) in [7, 11) is 0. The van der Waals surface area contributed by atoms with E-state index in [9.17, 15) is 9.59 Å². The van der Waals surface area contributed by atoms with Crippen LogP contribution in [0.15, 0.2) is 0 Å². The first kappa shape index (κ1) is 17.3. The third kappa shape index (κ3) is 5.26. The second kappa shape index (κ2) is 7.02. The van der Waals surface area contributed by atoms with Crippen molar-refractivity contribution >= 4 is 12.0 Å². The highest BCUT2D eigenvalue weighted by atomic mass is 16.6. The molecule has 1 aromatic heterocycles. The number of hydrogen-bond acceptors (Lipinski definition) is 4. The molecule has 1 heterocycles. The van der Waals surface area contributed by atoms with Gasteiger partial charge in [-0.2, -0.15) is 0 Å². The summed E-state index contributed by atoms with van der Waals surface area (Å²) in [6, 6.07) is 0. The third-order valence-electron chi connectivity index (χ3n) is 3.63. The summed E-state index contributed by atoms with van der Waals surface area (Å²) in [5.41, 5.74) is 1.63. The number of hydrogen-bond donors (Lipinski definition) is 3. The first-order chi connectivity index (χ1) is 10.7. The van der Waals surface area contributed by atoms with E-state index in [1.165, 1.54) is 0 Å². The Hall–Kier alpha value is -2.05. The van der Waals surface area contributed by atoms with Gasteiger partial charge in [-0.05, 0) is 40.5 Å². The van der Waals surface area contributed by atoms with Gasteiger partial charge < -0.3 is 20.4 Å². The van der Waals surface area contributed by atoms with Crippen LogP contribution in [0.4, 0.5) is 4.79 Å². The zero-order chi connectivity index (χ0) is 17.0. The molecule has 0 saturated heterocycles. The van der Waals surface area contributed by atoms with Crippen LogP contribution in [-0.4, -0.2) is 40.7 Å².